The molecule has 1 N–H and O–H groups in total. The summed E-state index contributed by atoms with van der Waals surface area (Å²) in [7, 11) is -2.74. The van der Waals surface area contributed by atoms with Crippen molar-refractivity contribution in [2.45, 2.75) is 43.7 Å². The first-order valence-electron chi connectivity index (χ1n) is 14.9. The molecule has 4 aromatic carbocycles. The van der Waals surface area contributed by atoms with Gasteiger partial charge in [0.2, 0.25) is 11.8 Å². The molecule has 4 rings (SSSR count). The van der Waals surface area contributed by atoms with E-state index in [-0.39, 0.29) is 23.8 Å². The van der Waals surface area contributed by atoms with Crippen LogP contribution in [0.2, 0.25) is 10.0 Å². The summed E-state index contributed by atoms with van der Waals surface area (Å²) < 4.78 is 34.5. The molecule has 0 aliphatic rings. The van der Waals surface area contributed by atoms with Crippen LogP contribution in [0.15, 0.2) is 108 Å². The van der Waals surface area contributed by atoms with Gasteiger partial charge in [0.15, 0.2) is 0 Å². The smallest absolute Gasteiger partial charge is 0.264 e. The molecule has 0 aliphatic carbocycles. The van der Waals surface area contributed by atoms with Gasteiger partial charge in [0.05, 0.1) is 17.7 Å². The minimum atomic E-state index is -4.23. The lowest BCUT2D eigenvalue weighted by Gasteiger charge is -2.34. The number of carbonyl (C=O) groups is 2. The van der Waals surface area contributed by atoms with Gasteiger partial charge in [0.1, 0.15) is 18.3 Å². The monoisotopic (exact) mass is 681 g/mol. The van der Waals surface area contributed by atoms with Crippen molar-refractivity contribution in [3.63, 3.8) is 0 Å². The zero-order valence-corrected chi connectivity index (χ0v) is 28.1. The standard InChI is InChI=1S/C35H37Cl2N3O5S/c1-3-4-21-38-35(42)33(22-26-11-7-5-8-12-26)39(24-27-15-16-28(36)23-32(27)37)34(41)25-40(29-13-9-6-10-14-29)46(43,44)31-19-17-30(45-2)18-20-31/h5-20,23,33H,3-4,21-22,24-25H2,1-2H3,(H,38,42)/t33-/m0/s1. The Hall–Kier alpha value is -4.05. The lowest BCUT2D eigenvalue weighted by Crippen LogP contribution is -2.53. The number of unbranched alkanes of at least 4 members (excludes halogenated alkanes) is 1. The van der Waals surface area contributed by atoms with E-state index in [1.54, 1.807) is 60.7 Å². The quantitative estimate of drug-likeness (QED) is 0.140. The summed E-state index contributed by atoms with van der Waals surface area (Å²) in [5.74, 6) is -0.441. The first-order chi connectivity index (χ1) is 22.1. The molecule has 0 saturated carbocycles. The Morgan fingerprint density at radius 3 is 2.15 bits per heavy atom. The van der Waals surface area contributed by atoms with Crippen LogP contribution in [0, 0.1) is 0 Å². The zero-order valence-electron chi connectivity index (χ0n) is 25.7. The molecule has 4 aromatic rings. The Kier molecular flexibility index (Phi) is 12.5. The number of hydrogen-bond donors (Lipinski definition) is 1. The molecule has 0 saturated heterocycles. The van der Waals surface area contributed by atoms with Crippen LogP contribution in [0.25, 0.3) is 0 Å². The number of methoxy groups -OCH3 is 1. The van der Waals surface area contributed by atoms with Crippen LogP contribution in [0.1, 0.15) is 30.9 Å². The van der Waals surface area contributed by atoms with Crippen LogP contribution in [-0.2, 0) is 32.6 Å². The van der Waals surface area contributed by atoms with E-state index in [2.05, 4.69) is 5.32 Å². The van der Waals surface area contributed by atoms with E-state index in [9.17, 15) is 18.0 Å². The van der Waals surface area contributed by atoms with Crippen molar-refractivity contribution < 1.29 is 22.7 Å². The average Bonchev–Trinajstić information content (AvgIpc) is 3.06. The number of nitrogens with zero attached hydrogens (tertiary/aromatic N) is 2. The molecule has 8 nitrogen and oxygen atoms in total. The summed E-state index contributed by atoms with van der Waals surface area (Å²) in [4.78, 5) is 29.7. The second kappa shape index (κ2) is 16.5. The molecule has 0 spiro atoms. The van der Waals surface area contributed by atoms with Gasteiger partial charge >= 0.3 is 0 Å². The molecule has 46 heavy (non-hydrogen) atoms. The molecule has 0 heterocycles. The molecule has 0 fully saturated rings. The molecule has 0 unspecified atom stereocenters. The number of ether oxygens (including phenoxy) is 1. The molecule has 242 valence electrons. The normalized spacial score (nSPS) is 11.8. The third-order valence-electron chi connectivity index (χ3n) is 7.43. The van der Waals surface area contributed by atoms with Crippen molar-refractivity contribution in [1.29, 1.82) is 0 Å². The highest BCUT2D eigenvalue weighted by Crippen LogP contribution is 2.28. The fourth-order valence-electron chi connectivity index (χ4n) is 4.89. The Morgan fingerprint density at radius 1 is 0.891 bits per heavy atom. The fraction of sp³-hybridized carbons (Fsp3) is 0.257. The number of rotatable bonds is 15. The van der Waals surface area contributed by atoms with Gasteiger partial charge in [-0.1, -0.05) is 91.1 Å². The van der Waals surface area contributed by atoms with Gasteiger partial charge in [-0.15, -0.1) is 0 Å². The minimum absolute atomic E-state index is 0.0182. The highest BCUT2D eigenvalue weighted by atomic mass is 35.5. The second-order valence-electron chi connectivity index (χ2n) is 10.6. The summed E-state index contributed by atoms with van der Waals surface area (Å²) in [5.41, 5.74) is 1.69. The lowest BCUT2D eigenvalue weighted by molar-refractivity contribution is -0.140. The van der Waals surface area contributed by atoms with Crippen LogP contribution in [0.3, 0.4) is 0 Å². The maximum Gasteiger partial charge on any atom is 0.264 e. The van der Waals surface area contributed by atoms with Crippen molar-refractivity contribution >= 4 is 50.7 Å². The summed E-state index contributed by atoms with van der Waals surface area (Å²) in [6, 6.07) is 27.7. The van der Waals surface area contributed by atoms with E-state index in [0.717, 1.165) is 22.7 Å². The minimum Gasteiger partial charge on any atom is -0.497 e. The van der Waals surface area contributed by atoms with Gasteiger partial charge in [0.25, 0.3) is 10.0 Å². The van der Waals surface area contributed by atoms with Crippen LogP contribution in [0.4, 0.5) is 5.69 Å². The second-order valence-corrected chi connectivity index (χ2v) is 13.3. The largest absolute Gasteiger partial charge is 0.497 e. The first-order valence-corrected chi connectivity index (χ1v) is 17.1. The van der Waals surface area contributed by atoms with Crippen LogP contribution < -0.4 is 14.4 Å². The van der Waals surface area contributed by atoms with E-state index in [1.807, 2.05) is 37.3 Å². The summed E-state index contributed by atoms with van der Waals surface area (Å²) >= 11 is 12.7. The Bertz CT molecular complexity index is 1710. The number of amides is 2. The van der Waals surface area contributed by atoms with Crippen molar-refractivity contribution in [2.24, 2.45) is 0 Å². The highest BCUT2D eigenvalue weighted by molar-refractivity contribution is 7.92. The molecule has 11 heteroatoms. The van der Waals surface area contributed by atoms with E-state index in [4.69, 9.17) is 27.9 Å². The maximum absolute atomic E-state index is 14.5. The highest BCUT2D eigenvalue weighted by Gasteiger charge is 2.35. The van der Waals surface area contributed by atoms with Gasteiger partial charge in [-0.2, -0.15) is 0 Å². The Balaban J connectivity index is 1.79. The average molecular weight is 683 g/mol. The molecular formula is C35H37Cl2N3O5S. The van der Waals surface area contributed by atoms with Crippen molar-refractivity contribution in [1.82, 2.24) is 10.2 Å². The third-order valence-corrected chi connectivity index (χ3v) is 9.80. The Labute approximate surface area is 280 Å². The molecular weight excluding hydrogens is 645 g/mol. The van der Waals surface area contributed by atoms with Gasteiger partial charge in [-0.25, -0.2) is 8.42 Å². The summed E-state index contributed by atoms with van der Waals surface area (Å²) in [6.07, 6.45) is 1.84. The topological polar surface area (TPSA) is 96.0 Å². The fourth-order valence-corrected chi connectivity index (χ4v) is 6.77. The van der Waals surface area contributed by atoms with E-state index < -0.39 is 28.5 Å². The molecule has 0 bridgehead atoms. The zero-order chi connectivity index (χ0) is 33.1. The summed E-state index contributed by atoms with van der Waals surface area (Å²) in [5, 5.41) is 3.71. The predicted octanol–water partition coefficient (Wildman–Crippen LogP) is 6.75. The number of nitrogens with one attached hydrogen (secondary N) is 1. The van der Waals surface area contributed by atoms with Gasteiger partial charge in [-0.05, 0) is 66.1 Å². The number of benzene rings is 4. The SMILES string of the molecule is CCCCNC(=O)[C@H](Cc1ccccc1)N(Cc1ccc(Cl)cc1Cl)C(=O)CN(c1ccccc1)S(=O)(=O)c1ccc(OC)cc1. The molecule has 2 amide bonds. The molecule has 0 aromatic heterocycles. The van der Waals surface area contributed by atoms with Gasteiger partial charge in [-0.3, -0.25) is 13.9 Å². The van der Waals surface area contributed by atoms with Gasteiger partial charge in [0, 0.05) is 29.6 Å². The molecule has 0 radical (unpaired) electrons. The first kappa shape index (κ1) is 34.8. The van der Waals surface area contributed by atoms with E-state index in [0.29, 0.717) is 33.6 Å². The number of halogens is 2. The Morgan fingerprint density at radius 2 is 1.54 bits per heavy atom. The number of sulfonamides is 1. The number of para-hydroxylation sites is 1. The number of carbonyl (C=O) groups excluding carboxylic acids is 2. The van der Waals surface area contributed by atoms with Crippen LogP contribution in [-0.4, -0.2) is 51.4 Å². The van der Waals surface area contributed by atoms with E-state index in [1.165, 1.54) is 24.1 Å². The molecule has 1 atom stereocenters. The van der Waals surface area contributed by atoms with Crippen LogP contribution >= 0.6 is 23.2 Å². The molecule has 0 aliphatic heterocycles. The van der Waals surface area contributed by atoms with Crippen molar-refractivity contribution in [2.75, 3.05) is 24.5 Å². The third kappa shape index (κ3) is 9.02. The summed E-state index contributed by atoms with van der Waals surface area (Å²) in [6.45, 7) is 1.83. The van der Waals surface area contributed by atoms with Crippen LogP contribution in [0.5, 0.6) is 5.75 Å². The number of hydrogen-bond acceptors (Lipinski definition) is 5. The van der Waals surface area contributed by atoms with Gasteiger partial charge < -0.3 is 15.0 Å². The number of anilines is 1. The van der Waals surface area contributed by atoms with E-state index >= 15 is 0 Å². The predicted molar refractivity (Wildman–Crippen MR) is 183 cm³/mol. The van der Waals surface area contributed by atoms with Crippen molar-refractivity contribution in [3.05, 3.63) is 124 Å². The maximum atomic E-state index is 14.5. The van der Waals surface area contributed by atoms with Crippen molar-refractivity contribution in [3.8, 4) is 5.75 Å². The lowest BCUT2D eigenvalue weighted by atomic mass is 10.0.